The Balaban J connectivity index is 1.63. The largest absolute Gasteiger partial charge is 0.523 e. The van der Waals surface area contributed by atoms with Crippen LogP contribution < -0.4 is 4.74 Å². The molecule has 0 spiro atoms. The molecule has 0 atom stereocenters. The smallest absolute Gasteiger partial charge is 0.491 e. The van der Waals surface area contributed by atoms with E-state index in [1.165, 1.54) is 0 Å². The number of hydrogen-bond donors (Lipinski definition) is 0. The molecule has 0 saturated carbocycles. The molecule has 3 aromatic rings. The number of halogens is 4. The molecule has 0 saturated heterocycles. The van der Waals surface area contributed by atoms with Gasteiger partial charge in [-0.05, 0) is 36.4 Å². The number of ether oxygens (including phenoxy) is 1. The van der Waals surface area contributed by atoms with Crippen molar-refractivity contribution < 1.29 is 30.5 Å². The molecule has 1 heterocycles. The maximum atomic E-state index is 12.1. The van der Waals surface area contributed by atoms with E-state index in [-0.39, 0.29) is 6.61 Å². The number of alkyl halides is 3. The van der Waals surface area contributed by atoms with E-state index in [4.69, 9.17) is 16.3 Å². The van der Waals surface area contributed by atoms with Crippen LogP contribution in [0.3, 0.4) is 0 Å². The van der Waals surface area contributed by atoms with Gasteiger partial charge < -0.3 is 4.74 Å². The van der Waals surface area contributed by atoms with Crippen LogP contribution in [-0.4, -0.2) is 32.1 Å². The summed E-state index contributed by atoms with van der Waals surface area (Å²) in [4.78, 5) is 4.53. The van der Waals surface area contributed by atoms with Gasteiger partial charge in [0.25, 0.3) is 0 Å². The summed E-state index contributed by atoms with van der Waals surface area (Å²) in [6, 6.07) is 15.8. The van der Waals surface area contributed by atoms with Crippen LogP contribution >= 0.6 is 11.6 Å². The molecule has 0 bridgehead atoms. The first-order valence-corrected chi connectivity index (χ1v) is 9.70. The van der Waals surface area contributed by atoms with Crippen molar-refractivity contribution in [3.05, 3.63) is 59.6 Å². The van der Waals surface area contributed by atoms with Crippen molar-refractivity contribution in [3.8, 4) is 17.0 Å². The van der Waals surface area contributed by atoms with Crippen molar-refractivity contribution in [1.82, 2.24) is 4.98 Å². The topological polar surface area (TPSA) is 65.5 Å². The van der Waals surface area contributed by atoms with E-state index in [2.05, 4.69) is 9.17 Å². The molecule has 28 heavy (non-hydrogen) atoms. The van der Waals surface area contributed by atoms with Crippen LogP contribution in [0.25, 0.3) is 22.2 Å². The zero-order valence-corrected chi connectivity index (χ0v) is 15.7. The molecule has 0 fully saturated rings. The van der Waals surface area contributed by atoms with E-state index >= 15 is 0 Å². The maximum Gasteiger partial charge on any atom is 0.523 e. The molecular formula is C18H13ClF3NO4S. The quantitative estimate of drug-likeness (QED) is 0.318. The number of pyridine rings is 1. The molecule has 0 amide bonds. The Morgan fingerprint density at radius 2 is 1.68 bits per heavy atom. The summed E-state index contributed by atoms with van der Waals surface area (Å²) in [5.41, 5.74) is -3.31. The molecule has 0 N–H and O–H groups in total. The number of benzene rings is 2. The minimum absolute atomic E-state index is 0.343. The maximum absolute atomic E-state index is 12.1. The molecule has 2 aromatic carbocycles. The molecule has 10 heteroatoms. The van der Waals surface area contributed by atoms with Crippen molar-refractivity contribution in [2.45, 2.75) is 5.51 Å². The predicted molar refractivity (Wildman–Crippen MR) is 98.6 cm³/mol. The SMILES string of the molecule is O=S(=O)(OCCOc1ccc(-c2ccc3cccc(Cl)c3n2)cc1)C(F)(F)F. The van der Waals surface area contributed by atoms with Crippen molar-refractivity contribution >= 4 is 32.6 Å². The summed E-state index contributed by atoms with van der Waals surface area (Å²) in [7, 11) is -5.62. The first kappa shape index (κ1) is 20.4. The Morgan fingerprint density at radius 1 is 0.964 bits per heavy atom. The summed E-state index contributed by atoms with van der Waals surface area (Å²) in [6.07, 6.45) is 0. The van der Waals surface area contributed by atoms with Gasteiger partial charge in [0, 0.05) is 10.9 Å². The third kappa shape index (κ3) is 4.54. The lowest BCUT2D eigenvalue weighted by Gasteiger charge is -2.10. The van der Waals surface area contributed by atoms with E-state index in [1.54, 1.807) is 30.3 Å². The van der Waals surface area contributed by atoms with Gasteiger partial charge in [0.1, 0.15) is 19.0 Å². The van der Waals surface area contributed by atoms with E-state index in [0.29, 0.717) is 22.0 Å². The van der Waals surface area contributed by atoms with E-state index in [1.807, 2.05) is 24.3 Å². The lowest BCUT2D eigenvalue weighted by Crippen LogP contribution is -2.27. The standard InChI is InChI=1S/C18H13ClF3NO4S/c19-15-3-1-2-13-6-9-16(23-17(13)15)12-4-7-14(8-5-12)26-10-11-27-28(24,25)18(20,21)22/h1-9H,10-11H2. The fourth-order valence-corrected chi connectivity index (χ4v) is 3.01. The monoisotopic (exact) mass is 431 g/mol. The van der Waals surface area contributed by atoms with Gasteiger partial charge >= 0.3 is 15.6 Å². The molecule has 3 rings (SSSR count). The number of hydrogen-bond acceptors (Lipinski definition) is 5. The summed E-state index contributed by atoms with van der Waals surface area (Å²) in [5.74, 6) is 0.343. The molecular weight excluding hydrogens is 419 g/mol. The highest BCUT2D eigenvalue weighted by Crippen LogP contribution is 2.27. The van der Waals surface area contributed by atoms with E-state index in [0.717, 1.165) is 10.9 Å². The highest BCUT2D eigenvalue weighted by molar-refractivity contribution is 7.87. The summed E-state index contributed by atoms with van der Waals surface area (Å²) in [5, 5.41) is 1.44. The van der Waals surface area contributed by atoms with Crippen LogP contribution in [0.15, 0.2) is 54.6 Å². The van der Waals surface area contributed by atoms with Crippen LogP contribution in [0.1, 0.15) is 0 Å². The van der Waals surface area contributed by atoms with Gasteiger partial charge in [0.2, 0.25) is 0 Å². The van der Waals surface area contributed by atoms with Gasteiger partial charge in [-0.2, -0.15) is 21.6 Å². The summed E-state index contributed by atoms with van der Waals surface area (Å²) in [6.45, 7) is -1.12. The van der Waals surface area contributed by atoms with Crippen molar-refractivity contribution in [2.24, 2.45) is 0 Å². The normalized spacial score (nSPS) is 12.3. The van der Waals surface area contributed by atoms with Gasteiger partial charge in [0.15, 0.2) is 0 Å². The van der Waals surface area contributed by atoms with Crippen LogP contribution in [0.5, 0.6) is 5.75 Å². The molecule has 0 radical (unpaired) electrons. The van der Waals surface area contributed by atoms with Gasteiger partial charge in [-0.15, -0.1) is 0 Å². The summed E-state index contributed by atoms with van der Waals surface area (Å²) >= 11 is 6.17. The Hall–Kier alpha value is -2.36. The zero-order valence-electron chi connectivity index (χ0n) is 14.1. The average Bonchev–Trinajstić information content (AvgIpc) is 2.65. The van der Waals surface area contributed by atoms with Crippen molar-refractivity contribution in [3.63, 3.8) is 0 Å². The highest BCUT2D eigenvalue weighted by atomic mass is 35.5. The average molecular weight is 432 g/mol. The van der Waals surface area contributed by atoms with Crippen LogP contribution in [0.4, 0.5) is 13.2 Å². The van der Waals surface area contributed by atoms with E-state index in [9.17, 15) is 21.6 Å². The Bertz CT molecular complexity index is 1090. The molecule has 0 aliphatic carbocycles. The van der Waals surface area contributed by atoms with E-state index < -0.39 is 22.2 Å². The molecule has 0 aliphatic heterocycles. The second kappa shape index (κ2) is 7.94. The van der Waals surface area contributed by atoms with Gasteiger partial charge in [0.05, 0.1) is 16.2 Å². The van der Waals surface area contributed by atoms with Crippen LogP contribution in [0, 0.1) is 0 Å². The highest BCUT2D eigenvalue weighted by Gasteiger charge is 2.47. The Kier molecular flexibility index (Phi) is 5.78. The lowest BCUT2D eigenvalue weighted by atomic mass is 10.1. The molecule has 148 valence electrons. The predicted octanol–water partition coefficient (Wildman–Crippen LogP) is 4.80. The third-order valence-electron chi connectivity index (χ3n) is 3.70. The fraction of sp³-hybridized carbons (Fsp3) is 0.167. The minimum atomic E-state index is -5.62. The fourth-order valence-electron chi connectivity index (χ4n) is 2.36. The third-order valence-corrected chi connectivity index (χ3v) is 5.04. The van der Waals surface area contributed by atoms with Crippen LogP contribution in [0.2, 0.25) is 5.02 Å². The number of fused-ring (bicyclic) bond motifs is 1. The Labute approximate surface area is 163 Å². The number of aromatic nitrogens is 1. The van der Waals surface area contributed by atoms with Crippen molar-refractivity contribution in [1.29, 1.82) is 0 Å². The second-order valence-electron chi connectivity index (χ2n) is 5.60. The van der Waals surface area contributed by atoms with Crippen LogP contribution in [-0.2, 0) is 14.3 Å². The Morgan fingerprint density at radius 3 is 2.36 bits per heavy atom. The van der Waals surface area contributed by atoms with Gasteiger partial charge in [-0.1, -0.05) is 29.8 Å². The molecule has 0 aliphatic rings. The molecule has 1 aromatic heterocycles. The number of nitrogens with zero attached hydrogens (tertiary/aromatic N) is 1. The second-order valence-corrected chi connectivity index (χ2v) is 7.62. The lowest BCUT2D eigenvalue weighted by molar-refractivity contribution is -0.0547. The first-order chi connectivity index (χ1) is 13.2. The van der Waals surface area contributed by atoms with Gasteiger partial charge in [-0.3, -0.25) is 4.18 Å². The molecule has 5 nitrogen and oxygen atoms in total. The first-order valence-electron chi connectivity index (χ1n) is 7.91. The number of rotatable bonds is 6. The van der Waals surface area contributed by atoms with Crippen molar-refractivity contribution in [2.75, 3.05) is 13.2 Å². The van der Waals surface area contributed by atoms with Gasteiger partial charge in [-0.25, -0.2) is 4.98 Å². The minimum Gasteiger partial charge on any atom is -0.491 e. The number of para-hydroxylation sites is 1. The molecule has 0 unspecified atom stereocenters. The zero-order chi connectivity index (χ0) is 20.4. The summed E-state index contributed by atoms with van der Waals surface area (Å²) < 4.78 is 67.0.